The van der Waals surface area contributed by atoms with Gasteiger partial charge in [-0.1, -0.05) is 0 Å². The molecule has 0 N–H and O–H groups in total. The van der Waals surface area contributed by atoms with Crippen LogP contribution in [0.5, 0.6) is 5.75 Å². The van der Waals surface area contributed by atoms with Crippen LogP contribution in [0.2, 0.25) is 0 Å². The number of Topliss-reactive ketones (excluding diaryl/α,β-unsaturated/α-hetero) is 1. The van der Waals surface area contributed by atoms with E-state index < -0.39 is 0 Å². The summed E-state index contributed by atoms with van der Waals surface area (Å²) in [5.41, 5.74) is 0.607. The minimum absolute atomic E-state index is 0.0348. The zero-order valence-electron chi connectivity index (χ0n) is 10.1. The molecule has 0 saturated heterocycles. The Morgan fingerprint density at radius 3 is 2.61 bits per heavy atom. The second kappa shape index (κ2) is 6.02. The summed E-state index contributed by atoms with van der Waals surface area (Å²) >= 11 is 0. The van der Waals surface area contributed by atoms with Crippen molar-refractivity contribution < 1.29 is 18.7 Å². The lowest BCUT2D eigenvalue weighted by molar-refractivity contribution is 0.0691. The van der Waals surface area contributed by atoms with Crippen LogP contribution < -0.4 is 4.74 Å². The lowest BCUT2D eigenvalue weighted by Crippen LogP contribution is -2.08. The summed E-state index contributed by atoms with van der Waals surface area (Å²) in [6.45, 7) is 0.335. The molecule has 0 saturated carbocycles. The molecule has 1 heterocycles. The van der Waals surface area contributed by atoms with Gasteiger partial charge in [0.15, 0.2) is 5.78 Å². The van der Waals surface area contributed by atoms with E-state index in [0.717, 1.165) is 5.75 Å². The molecule has 0 aliphatic heterocycles. The number of ether oxygens (including phenoxy) is 2. The third-order valence-electron chi connectivity index (χ3n) is 2.47. The molecule has 1 aromatic heterocycles. The van der Waals surface area contributed by atoms with Crippen molar-refractivity contribution >= 4 is 5.78 Å². The molecule has 0 bridgehead atoms. The second-order valence-electron chi connectivity index (χ2n) is 3.72. The molecule has 1 aromatic carbocycles. The number of hydrogen-bond donors (Lipinski definition) is 0. The number of ketones is 1. The van der Waals surface area contributed by atoms with E-state index in [0.29, 0.717) is 17.9 Å². The first-order valence-electron chi connectivity index (χ1n) is 5.57. The highest BCUT2D eigenvalue weighted by Crippen LogP contribution is 2.12. The zero-order valence-corrected chi connectivity index (χ0v) is 10.1. The number of hydrogen-bond acceptors (Lipinski definition) is 4. The summed E-state index contributed by atoms with van der Waals surface area (Å²) in [6, 6.07) is 10.5. The van der Waals surface area contributed by atoms with Crippen molar-refractivity contribution in [3.63, 3.8) is 0 Å². The summed E-state index contributed by atoms with van der Waals surface area (Å²) in [5.74, 6) is 1.37. The van der Waals surface area contributed by atoms with Gasteiger partial charge in [-0.2, -0.15) is 0 Å². The fourth-order valence-corrected chi connectivity index (χ4v) is 1.50. The van der Waals surface area contributed by atoms with Crippen molar-refractivity contribution in [2.24, 2.45) is 0 Å². The van der Waals surface area contributed by atoms with Crippen LogP contribution in [0, 0.1) is 0 Å². The van der Waals surface area contributed by atoms with E-state index in [2.05, 4.69) is 0 Å². The van der Waals surface area contributed by atoms with Gasteiger partial charge in [0.05, 0.1) is 13.4 Å². The van der Waals surface area contributed by atoms with Gasteiger partial charge in [0, 0.05) is 5.56 Å². The van der Waals surface area contributed by atoms with E-state index in [4.69, 9.17) is 13.9 Å². The first kappa shape index (κ1) is 12.4. The molecule has 0 radical (unpaired) electrons. The second-order valence-corrected chi connectivity index (χ2v) is 3.72. The molecule has 0 aliphatic carbocycles. The van der Waals surface area contributed by atoms with Gasteiger partial charge in [-0.05, 0) is 36.4 Å². The van der Waals surface area contributed by atoms with Gasteiger partial charge >= 0.3 is 0 Å². The average Bonchev–Trinajstić information content (AvgIpc) is 2.92. The molecular formula is C14H14O4. The smallest absolute Gasteiger partial charge is 0.188 e. The van der Waals surface area contributed by atoms with Gasteiger partial charge in [0.2, 0.25) is 0 Å². The number of furan rings is 1. The molecule has 2 aromatic rings. The van der Waals surface area contributed by atoms with Gasteiger partial charge < -0.3 is 13.9 Å². The van der Waals surface area contributed by atoms with Crippen molar-refractivity contribution in [1.29, 1.82) is 0 Å². The highest BCUT2D eigenvalue weighted by Gasteiger charge is 2.06. The van der Waals surface area contributed by atoms with Crippen molar-refractivity contribution in [2.75, 3.05) is 13.7 Å². The Bertz CT molecular complexity index is 485. The molecule has 4 nitrogen and oxygen atoms in total. The van der Waals surface area contributed by atoms with Crippen LogP contribution in [0.25, 0.3) is 0 Å². The third-order valence-corrected chi connectivity index (χ3v) is 2.47. The molecule has 0 aliphatic rings. The fourth-order valence-electron chi connectivity index (χ4n) is 1.50. The quantitative estimate of drug-likeness (QED) is 0.735. The van der Waals surface area contributed by atoms with E-state index in [-0.39, 0.29) is 12.4 Å². The molecular weight excluding hydrogens is 232 g/mol. The Hall–Kier alpha value is -2.07. The van der Waals surface area contributed by atoms with E-state index in [1.807, 2.05) is 0 Å². The van der Waals surface area contributed by atoms with Crippen molar-refractivity contribution in [3.05, 3.63) is 54.0 Å². The highest BCUT2D eigenvalue weighted by atomic mass is 16.5. The van der Waals surface area contributed by atoms with Gasteiger partial charge in [-0.15, -0.1) is 0 Å². The van der Waals surface area contributed by atoms with Crippen LogP contribution in [0.15, 0.2) is 47.1 Å². The number of rotatable bonds is 6. The Labute approximate surface area is 105 Å². The monoisotopic (exact) mass is 246 g/mol. The molecule has 0 atom stereocenters. The van der Waals surface area contributed by atoms with Crippen LogP contribution in [0.4, 0.5) is 0 Å². The van der Waals surface area contributed by atoms with E-state index in [1.165, 1.54) is 0 Å². The predicted molar refractivity (Wildman–Crippen MR) is 65.7 cm³/mol. The van der Waals surface area contributed by atoms with E-state index in [9.17, 15) is 4.79 Å². The Kier molecular flexibility index (Phi) is 4.15. The van der Waals surface area contributed by atoms with E-state index in [1.54, 1.807) is 49.8 Å². The van der Waals surface area contributed by atoms with Crippen LogP contribution in [0.3, 0.4) is 0 Å². The Balaban J connectivity index is 1.83. The molecule has 2 rings (SSSR count). The highest BCUT2D eigenvalue weighted by molar-refractivity contribution is 5.97. The first-order valence-corrected chi connectivity index (χ1v) is 5.57. The Morgan fingerprint density at radius 1 is 1.22 bits per heavy atom. The van der Waals surface area contributed by atoms with Crippen LogP contribution in [-0.2, 0) is 11.3 Å². The number of benzene rings is 1. The van der Waals surface area contributed by atoms with Gasteiger partial charge in [0.25, 0.3) is 0 Å². The Morgan fingerprint density at radius 2 is 2.00 bits per heavy atom. The summed E-state index contributed by atoms with van der Waals surface area (Å²) in [5, 5.41) is 0. The normalized spacial score (nSPS) is 10.3. The third kappa shape index (κ3) is 3.21. The summed E-state index contributed by atoms with van der Waals surface area (Å²) in [6.07, 6.45) is 1.57. The maximum absolute atomic E-state index is 11.8. The topological polar surface area (TPSA) is 48.7 Å². The molecule has 18 heavy (non-hydrogen) atoms. The number of carbonyl (C=O) groups excluding carboxylic acids is 1. The predicted octanol–water partition coefficient (Wildman–Crippen LogP) is 2.69. The van der Waals surface area contributed by atoms with Crippen LogP contribution in [-0.4, -0.2) is 19.5 Å². The minimum atomic E-state index is -0.0655. The maximum Gasteiger partial charge on any atom is 0.188 e. The summed E-state index contributed by atoms with van der Waals surface area (Å²) < 4.78 is 15.4. The molecule has 0 spiro atoms. The largest absolute Gasteiger partial charge is 0.497 e. The van der Waals surface area contributed by atoms with Crippen LogP contribution >= 0.6 is 0 Å². The molecule has 0 unspecified atom stereocenters. The molecule has 0 amide bonds. The van der Waals surface area contributed by atoms with Crippen molar-refractivity contribution in [3.8, 4) is 5.75 Å². The summed E-state index contributed by atoms with van der Waals surface area (Å²) in [4.78, 5) is 11.8. The van der Waals surface area contributed by atoms with Crippen molar-refractivity contribution in [1.82, 2.24) is 0 Å². The standard InChI is InChI=1S/C14H14O4/c1-16-12-6-4-11(5-7-12)14(15)10-17-9-13-3-2-8-18-13/h2-8H,9-10H2,1H3. The minimum Gasteiger partial charge on any atom is -0.497 e. The number of carbonyl (C=O) groups is 1. The summed E-state index contributed by atoms with van der Waals surface area (Å²) in [7, 11) is 1.59. The average molecular weight is 246 g/mol. The lowest BCUT2D eigenvalue weighted by Gasteiger charge is -2.03. The first-order chi connectivity index (χ1) is 8.79. The maximum atomic E-state index is 11.8. The number of methoxy groups -OCH3 is 1. The van der Waals surface area contributed by atoms with Crippen molar-refractivity contribution in [2.45, 2.75) is 6.61 Å². The molecule has 0 fully saturated rings. The zero-order chi connectivity index (χ0) is 12.8. The van der Waals surface area contributed by atoms with Gasteiger partial charge in [0.1, 0.15) is 24.7 Å². The van der Waals surface area contributed by atoms with Gasteiger partial charge in [-0.25, -0.2) is 0 Å². The SMILES string of the molecule is COc1ccc(C(=O)COCc2ccco2)cc1. The lowest BCUT2D eigenvalue weighted by atomic mass is 10.1. The molecule has 4 heteroatoms. The fraction of sp³-hybridized carbons (Fsp3) is 0.214. The van der Waals surface area contributed by atoms with E-state index >= 15 is 0 Å². The van der Waals surface area contributed by atoms with Crippen LogP contribution in [0.1, 0.15) is 16.1 Å². The van der Waals surface area contributed by atoms with Gasteiger partial charge in [-0.3, -0.25) is 4.79 Å². The molecule has 94 valence electrons.